The first-order valence-corrected chi connectivity index (χ1v) is 19.6. The number of Topliss-reactive ketones (excluding diaryl/α,β-unsaturated/α-hetero) is 1. The Morgan fingerprint density at radius 3 is 1.09 bits per heavy atom. The second-order valence-corrected chi connectivity index (χ2v) is 14.2. The molecule has 3 fully saturated rings. The lowest BCUT2D eigenvalue weighted by atomic mass is 9.81. The van der Waals surface area contributed by atoms with Crippen molar-refractivity contribution in [3.63, 3.8) is 0 Å². The molecule has 18 heteroatoms. The van der Waals surface area contributed by atoms with Crippen LogP contribution in [0.4, 0.5) is 9.59 Å². The van der Waals surface area contributed by atoms with Crippen LogP contribution >= 0.6 is 0 Å². The Labute approximate surface area is 321 Å². The molecule has 3 N–H and O–H groups in total. The summed E-state index contributed by atoms with van der Waals surface area (Å²) in [5, 5.41) is 28.8. The second-order valence-electron chi connectivity index (χ2n) is 14.2. The predicted molar refractivity (Wildman–Crippen MR) is 194 cm³/mol. The number of nitrogens with zero attached hydrogens (tertiary/aromatic N) is 6. The van der Waals surface area contributed by atoms with E-state index in [1.807, 2.05) is 20.8 Å². The number of likely N-dealkylation sites (tertiary alicyclic amines) is 1. The molecule has 3 rings (SSSR count). The number of hydrogen-bond acceptors (Lipinski definition) is 13. The number of aliphatic hydroxyl groups is 3. The Bertz CT molecular complexity index is 1270. The van der Waals surface area contributed by atoms with Crippen LogP contribution in [-0.4, -0.2) is 170 Å². The van der Waals surface area contributed by atoms with Crippen molar-refractivity contribution < 1.29 is 58.5 Å². The maximum Gasteiger partial charge on any atom is 0.333 e. The van der Waals surface area contributed by atoms with Crippen LogP contribution in [0.2, 0.25) is 0 Å². The summed E-state index contributed by atoms with van der Waals surface area (Å²) in [4.78, 5) is 127. The molecule has 3 saturated heterocycles. The maximum absolute atomic E-state index is 13.6. The van der Waals surface area contributed by atoms with Crippen LogP contribution in [0.15, 0.2) is 0 Å². The molecule has 4 unspecified atom stereocenters. The minimum atomic E-state index is -1.25. The highest BCUT2D eigenvalue weighted by Gasteiger charge is 2.48. The fraction of sp³-hybridized carbons (Fsp3) is 0.757. The Kier molecular flexibility index (Phi) is 18.0. The van der Waals surface area contributed by atoms with Gasteiger partial charge in [-0.25, -0.2) is 9.59 Å². The van der Waals surface area contributed by atoms with Crippen molar-refractivity contribution in [2.24, 2.45) is 23.7 Å². The van der Waals surface area contributed by atoms with Crippen molar-refractivity contribution >= 4 is 53.3 Å². The van der Waals surface area contributed by atoms with E-state index in [4.69, 9.17) is 0 Å². The number of imide groups is 5. The number of amides is 10. The van der Waals surface area contributed by atoms with Crippen LogP contribution in [0.25, 0.3) is 0 Å². The van der Waals surface area contributed by atoms with Gasteiger partial charge in [0.15, 0.2) is 5.78 Å². The van der Waals surface area contributed by atoms with E-state index < -0.39 is 96.8 Å². The van der Waals surface area contributed by atoms with Crippen LogP contribution in [0.3, 0.4) is 0 Å². The fourth-order valence-corrected chi connectivity index (χ4v) is 7.33. The van der Waals surface area contributed by atoms with Crippen molar-refractivity contribution in [3.8, 4) is 0 Å². The number of rotatable bonds is 24. The number of unbranched alkanes of at least 4 members (excludes halogenated alkanes) is 3. The van der Waals surface area contributed by atoms with Gasteiger partial charge in [0.2, 0.25) is 35.4 Å². The van der Waals surface area contributed by atoms with Gasteiger partial charge in [0, 0.05) is 26.2 Å². The van der Waals surface area contributed by atoms with E-state index in [2.05, 4.69) is 0 Å². The number of aliphatic hydroxyl groups excluding tert-OH is 3. The van der Waals surface area contributed by atoms with Crippen molar-refractivity contribution in [1.82, 2.24) is 29.4 Å². The van der Waals surface area contributed by atoms with Gasteiger partial charge >= 0.3 is 12.1 Å². The lowest BCUT2D eigenvalue weighted by molar-refractivity contribution is -0.162. The predicted octanol–water partition coefficient (Wildman–Crippen LogP) is 0.210. The Hall–Kier alpha value is -4.13. The first kappa shape index (κ1) is 45.3. The number of urea groups is 2. The highest BCUT2D eigenvalue weighted by atomic mass is 16.3. The van der Waals surface area contributed by atoms with Gasteiger partial charge in [-0.1, -0.05) is 59.3 Å². The molecule has 3 aliphatic rings. The zero-order valence-electron chi connectivity index (χ0n) is 32.4. The molecule has 0 aromatic rings. The number of β-amino-alcohol motifs (C(OH)–C–C–N with tert-alkyl or cyclic N) is 3. The van der Waals surface area contributed by atoms with E-state index in [1.54, 1.807) is 4.90 Å². The second kappa shape index (κ2) is 21.8. The van der Waals surface area contributed by atoms with Gasteiger partial charge in [0.1, 0.15) is 11.8 Å². The van der Waals surface area contributed by atoms with E-state index in [1.165, 1.54) is 0 Å². The summed E-state index contributed by atoms with van der Waals surface area (Å²) in [5.74, 6) is -9.35. The number of piperidine rings is 1. The highest BCUT2D eigenvalue weighted by Crippen LogP contribution is 2.29. The molecule has 3 heterocycles. The Morgan fingerprint density at radius 1 is 0.418 bits per heavy atom. The fourth-order valence-electron chi connectivity index (χ4n) is 7.33. The van der Waals surface area contributed by atoms with E-state index in [-0.39, 0.29) is 78.0 Å². The molecule has 0 spiro atoms. The van der Waals surface area contributed by atoms with Gasteiger partial charge in [0.05, 0.1) is 51.3 Å². The summed E-state index contributed by atoms with van der Waals surface area (Å²) in [5.41, 5.74) is 0. The third-order valence-corrected chi connectivity index (χ3v) is 10.5. The number of carbonyl (C=O) groups is 9. The van der Waals surface area contributed by atoms with Crippen molar-refractivity contribution in [2.75, 3.05) is 72.2 Å². The quantitative estimate of drug-likeness (QED) is 0.0880. The first-order chi connectivity index (χ1) is 26.3. The number of hydrogen-bond donors (Lipinski definition) is 3. The Morgan fingerprint density at radius 2 is 0.727 bits per heavy atom. The molecule has 3 aliphatic heterocycles. The molecular formula is C37H58N6O12. The molecule has 0 radical (unpaired) electrons. The highest BCUT2D eigenvalue weighted by molar-refractivity contribution is 6.20. The molecule has 0 aliphatic carbocycles. The molecule has 4 atom stereocenters. The van der Waals surface area contributed by atoms with Crippen molar-refractivity contribution in [1.29, 1.82) is 0 Å². The summed E-state index contributed by atoms with van der Waals surface area (Å²) < 4.78 is 0. The average molecular weight is 779 g/mol. The number of ketones is 1. The average Bonchev–Trinajstić information content (AvgIpc) is 3.16. The molecule has 55 heavy (non-hydrogen) atoms. The number of carbonyl (C=O) groups excluding carboxylic acids is 9. The lowest BCUT2D eigenvalue weighted by Gasteiger charge is -2.39. The standard InChI is InChI=1S/C37H58N6O12/c1-4-7-10-25-29(47)26(31(49)39(19-22-44)30(25)48)13-14-38(15-17-40-32(50)27(11-8-5-2)34(52)42(20-23-45)36(40)54)16-18-41-33(51)28(12-9-6-3)35(53)43(21-24-46)37(41)55/h25-28,44-46H,4-24H2,1-3H3. The maximum atomic E-state index is 13.6. The van der Waals surface area contributed by atoms with E-state index >= 15 is 0 Å². The van der Waals surface area contributed by atoms with E-state index in [9.17, 15) is 58.5 Å². The number of barbiturate groups is 2. The van der Waals surface area contributed by atoms with Gasteiger partial charge in [0.25, 0.3) is 0 Å². The van der Waals surface area contributed by atoms with Crippen LogP contribution in [0.5, 0.6) is 0 Å². The van der Waals surface area contributed by atoms with Crippen LogP contribution in [0, 0.1) is 23.7 Å². The van der Waals surface area contributed by atoms with E-state index in [0.717, 1.165) is 24.5 Å². The first-order valence-electron chi connectivity index (χ1n) is 19.6. The smallest absolute Gasteiger partial charge is 0.333 e. The SMILES string of the molecule is CCCCC1C(=O)C(CCN(CCN2C(=O)C(CCCC)C(=O)N(CCO)C2=O)CCN2C(=O)C(CCCC)C(=O)N(CCO)C2=O)C(=O)N(CCO)C1=O. The lowest BCUT2D eigenvalue weighted by Crippen LogP contribution is -2.62. The molecular weight excluding hydrogens is 720 g/mol. The van der Waals surface area contributed by atoms with E-state index in [0.29, 0.717) is 38.5 Å². The van der Waals surface area contributed by atoms with Gasteiger partial charge in [-0.05, 0) is 32.2 Å². The van der Waals surface area contributed by atoms with Crippen molar-refractivity contribution in [3.05, 3.63) is 0 Å². The van der Waals surface area contributed by atoms with Crippen LogP contribution in [-0.2, 0) is 33.6 Å². The summed E-state index contributed by atoms with van der Waals surface area (Å²) in [7, 11) is 0. The van der Waals surface area contributed by atoms with Crippen LogP contribution < -0.4 is 0 Å². The summed E-state index contributed by atoms with van der Waals surface area (Å²) in [6.07, 6.45) is 4.21. The summed E-state index contributed by atoms with van der Waals surface area (Å²) in [6, 6.07) is -1.82. The monoisotopic (exact) mass is 778 g/mol. The molecule has 308 valence electrons. The van der Waals surface area contributed by atoms with Gasteiger partial charge in [-0.15, -0.1) is 0 Å². The minimum Gasteiger partial charge on any atom is -0.395 e. The third-order valence-electron chi connectivity index (χ3n) is 10.5. The molecule has 0 aromatic carbocycles. The molecule has 0 saturated carbocycles. The Balaban J connectivity index is 1.93. The zero-order valence-corrected chi connectivity index (χ0v) is 32.4. The summed E-state index contributed by atoms with van der Waals surface area (Å²) in [6.45, 7) is 2.52. The van der Waals surface area contributed by atoms with Crippen LogP contribution in [0.1, 0.15) is 85.0 Å². The zero-order chi connectivity index (χ0) is 40.8. The van der Waals surface area contributed by atoms with Crippen molar-refractivity contribution in [2.45, 2.75) is 85.0 Å². The van der Waals surface area contributed by atoms with Gasteiger partial charge in [-0.2, -0.15) is 0 Å². The summed E-state index contributed by atoms with van der Waals surface area (Å²) >= 11 is 0. The van der Waals surface area contributed by atoms with Gasteiger partial charge < -0.3 is 15.3 Å². The van der Waals surface area contributed by atoms with Gasteiger partial charge in [-0.3, -0.25) is 63.0 Å². The minimum absolute atomic E-state index is 0.0344. The molecule has 0 aromatic heterocycles. The largest absolute Gasteiger partial charge is 0.395 e. The molecule has 18 nitrogen and oxygen atoms in total. The normalized spacial score (nSPS) is 22.7. The molecule has 10 amide bonds. The third kappa shape index (κ3) is 10.6. The topological polar surface area (TPSA) is 234 Å². The molecule has 0 bridgehead atoms.